The molecule has 1 aromatic rings. The molecule has 19 heavy (non-hydrogen) atoms. The number of thioether (sulfide) groups is 1. The van der Waals surface area contributed by atoms with Gasteiger partial charge in [0.25, 0.3) is 0 Å². The van der Waals surface area contributed by atoms with Crippen LogP contribution in [-0.2, 0) is 0 Å². The first-order valence-corrected chi connectivity index (χ1v) is 7.98. The van der Waals surface area contributed by atoms with Crippen molar-refractivity contribution < 1.29 is 9.18 Å². The number of urea groups is 1. The van der Waals surface area contributed by atoms with Crippen LogP contribution in [0.5, 0.6) is 0 Å². The molecule has 0 spiro atoms. The molecular formula is C13H16BrFN2OS. The van der Waals surface area contributed by atoms with Crippen molar-refractivity contribution in [1.82, 2.24) is 4.90 Å². The lowest BCUT2D eigenvalue weighted by Crippen LogP contribution is -2.49. The molecule has 6 heteroatoms. The fraction of sp³-hybridized carbons (Fsp3) is 0.462. The second kappa shape index (κ2) is 6.13. The van der Waals surface area contributed by atoms with E-state index in [0.717, 1.165) is 5.75 Å². The lowest BCUT2D eigenvalue weighted by molar-refractivity contribution is 0.194. The molecule has 2 amide bonds. The minimum absolute atomic E-state index is 0.143. The third-order valence-electron chi connectivity index (χ3n) is 3.34. The third-order valence-corrected chi connectivity index (χ3v) is 5.34. The molecular weight excluding hydrogens is 331 g/mol. The predicted octanol–water partition coefficient (Wildman–Crippen LogP) is 3.95. The van der Waals surface area contributed by atoms with Crippen LogP contribution in [-0.4, -0.2) is 34.5 Å². The van der Waals surface area contributed by atoms with Crippen LogP contribution in [0.25, 0.3) is 0 Å². The summed E-state index contributed by atoms with van der Waals surface area (Å²) in [6.07, 6.45) is 0. The Morgan fingerprint density at radius 1 is 1.53 bits per heavy atom. The van der Waals surface area contributed by atoms with Gasteiger partial charge in [-0.3, -0.25) is 0 Å². The van der Waals surface area contributed by atoms with Gasteiger partial charge in [-0.2, -0.15) is 11.8 Å². The van der Waals surface area contributed by atoms with Crippen LogP contribution < -0.4 is 5.32 Å². The highest BCUT2D eigenvalue weighted by molar-refractivity contribution is 9.10. The van der Waals surface area contributed by atoms with Gasteiger partial charge in [0.05, 0.1) is 5.69 Å². The summed E-state index contributed by atoms with van der Waals surface area (Å²) in [6.45, 7) is 4.81. The number of nitrogens with one attached hydrogen (secondary N) is 1. The zero-order valence-corrected chi connectivity index (χ0v) is 13.2. The fourth-order valence-corrected chi connectivity index (χ4v) is 3.56. The second-order valence-electron chi connectivity index (χ2n) is 4.54. The molecule has 1 N–H and O–H groups in total. The van der Waals surface area contributed by atoms with Crippen molar-refractivity contribution in [2.75, 3.05) is 17.6 Å². The molecule has 0 bridgehead atoms. The van der Waals surface area contributed by atoms with Crippen molar-refractivity contribution in [3.05, 3.63) is 28.5 Å². The van der Waals surface area contributed by atoms with Gasteiger partial charge >= 0.3 is 6.03 Å². The highest BCUT2D eigenvalue weighted by Crippen LogP contribution is 2.28. The molecule has 2 rings (SSSR count). The predicted molar refractivity (Wildman–Crippen MR) is 81.2 cm³/mol. The van der Waals surface area contributed by atoms with Gasteiger partial charge in [0.1, 0.15) is 5.82 Å². The van der Waals surface area contributed by atoms with Crippen LogP contribution in [0.3, 0.4) is 0 Å². The number of anilines is 1. The van der Waals surface area contributed by atoms with E-state index < -0.39 is 5.82 Å². The highest BCUT2D eigenvalue weighted by atomic mass is 79.9. The van der Waals surface area contributed by atoms with Crippen LogP contribution in [0.15, 0.2) is 22.7 Å². The van der Waals surface area contributed by atoms with E-state index in [1.165, 1.54) is 6.07 Å². The molecule has 2 atom stereocenters. The van der Waals surface area contributed by atoms with Crippen molar-refractivity contribution in [3.8, 4) is 0 Å². The van der Waals surface area contributed by atoms with E-state index in [9.17, 15) is 9.18 Å². The Morgan fingerprint density at radius 2 is 2.26 bits per heavy atom. The monoisotopic (exact) mass is 346 g/mol. The number of rotatable bonds is 1. The summed E-state index contributed by atoms with van der Waals surface area (Å²) in [5, 5.41) is 3.05. The standard InChI is InChI=1S/C13H16BrFN2OS/c1-8-9(2)19-7-6-17(8)13(18)16-12-10(14)4-3-5-11(12)15/h3-5,8-9H,6-7H2,1-2H3,(H,16,18)/t8-,9+/m1/s1. The molecule has 1 heterocycles. The number of hydrogen-bond donors (Lipinski definition) is 1. The zero-order valence-electron chi connectivity index (χ0n) is 10.8. The van der Waals surface area contributed by atoms with E-state index in [2.05, 4.69) is 28.2 Å². The van der Waals surface area contributed by atoms with Gasteiger partial charge in [0.15, 0.2) is 0 Å². The molecule has 0 aliphatic carbocycles. The smallest absolute Gasteiger partial charge is 0.320 e. The number of amides is 2. The van der Waals surface area contributed by atoms with Gasteiger partial charge in [0, 0.05) is 28.1 Å². The Bertz CT molecular complexity index is 465. The number of carbonyl (C=O) groups excluding carboxylic acids is 1. The number of carbonyl (C=O) groups is 1. The summed E-state index contributed by atoms with van der Waals surface area (Å²) < 4.78 is 14.2. The Balaban J connectivity index is 2.13. The normalized spacial score (nSPS) is 23.3. The summed E-state index contributed by atoms with van der Waals surface area (Å²) in [5.41, 5.74) is 0.200. The molecule has 1 aliphatic heterocycles. The van der Waals surface area contributed by atoms with Crippen molar-refractivity contribution in [1.29, 1.82) is 0 Å². The maximum atomic E-state index is 13.7. The summed E-state index contributed by atoms with van der Waals surface area (Å²) in [7, 11) is 0. The van der Waals surface area contributed by atoms with Crippen LogP contribution in [0.1, 0.15) is 13.8 Å². The van der Waals surface area contributed by atoms with Crippen LogP contribution in [0.4, 0.5) is 14.9 Å². The number of nitrogens with zero attached hydrogens (tertiary/aromatic N) is 1. The van der Waals surface area contributed by atoms with Crippen LogP contribution >= 0.6 is 27.7 Å². The Morgan fingerprint density at radius 3 is 2.95 bits per heavy atom. The van der Waals surface area contributed by atoms with E-state index in [-0.39, 0.29) is 17.8 Å². The number of hydrogen-bond acceptors (Lipinski definition) is 2. The quantitative estimate of drug-likeness (QED) is 0.834. The lowest BCUT2D eigenvalue weighted by atomic mass is 10.2. The molecule has 0 unspecified atom stereocenters. The number of para-hydroxylation sites is 1. The van der Waals surface area contributed by atoms with E-state index in [1.807, 2.05) is 18.7 Å². The van der Waals surface area contributed by atoms with Crippen LogP contribution in [0.2, 0.25) is 0 Å². The summed E-state index contributed by atoms with van der Waals surface area (Å²) in [6, 6.07) is 4.53. The molecule has 3 nitrogen and oxygen atoms in total. The highest BCUT2D eigenvalue weighted by Gasteiger charge is 2.29. The second-order valence-corrected chi connectivity index (χ2v) is 6.88. The van der Waals surface area contributed by atoms with Crippen molar-refractivity contribution in [3.63, 3.8) is 0 Å². The maximum absolute atomic E-state index is 13.7. The summed E-state index contributed by atoms with van der Waals surface area (Å²) in [4.78, 5) is 14.0. The van der Waals surface area contributed by atoms with Gasteiger partial charge in [-0.15, -0.1) is 0 Å². The molecule has 0 radical (unpaired) electrons. The zero-order chi connectivity index (χ0) is 14.0. The van der Waals surface area contributed by atoms with Crippen molar-refractivity contribution in [2.45, 2.75) is 25.1 Å². The van der Waals surface area contributed by atoms with Gasteiger partial charge in [0.2, 0.25) is 0 Å². The average Bonchev–Trinajstić information content (AvgIpc) is 2.37. The molecule has 1 aromatic carbocycles. The van der Waals surface area contributed by atoms with Crippen molar-refractivity contribution in [2.24, 2.45) is 0 Å². The molecule has 0 saturated carbocycles. The maximum Gasteiger partial charge on any atom is 0.322 e. The van der Waals surface area contributed by atoms with Crippen molar-refractivity contribution >= 4 is 39.4 Å². The SMILES string of the molecule is C[C@@H]1SCCN(C(=O)Nc2c(F)cccc2Br)[C@@H]1C. The van der Waals surface area contributed by atoms with Gasteiger partial charge in [-0.05, 0) is 35.0 Å². The van der Waals surface area contributed by atoms with E-state index in [1.54, 1.807) is 17.0 Å². The van der Waals surface area contributed by atoms with Gasteiger partial charge in [-0.25, -0.2) is 9.18 Å². The molecule has 1 fully saturated rings. The fourth-order valence-electron chi connectivity index (χ4n) is 2.02. The topological polar surface area (TPSA) is 32.3 Å². The Kier molecular flexibility index (Phi) is 4.73. The molecule has 1 saturated heterocycles. The third kappa shape index (κ3) is 3.23. The Hall–Kier alpha value is -0.750. The Labute approximate surface area is 125 Å². The van der Waals surface area contributed by atoms with E-state index >= 15 is 0 Å². The number of halogens is 2. The van der Waals surface area contributed by atoms with Gasteiger partial charge < -0.3 is 10.2 Å². The van der Waals surface area contributed by atoms with E-state index in [0.29, 0.717) is 16.3 Å². The minimum atomic E-state index is -0.435. The first kappa shape index (κ1) is 14.7. The largest absolute Gasteiger partial charge is 0.322 e. The molecule has 104 valence electrons. The van der Waals surface area contributed by atoms with E-state index in [4.69, 9.17) is 0 Å². The first-order chi connectivity index (χ1) is 9.00. The average molecular weight is 347 g/mol. The summed E-state index contributed by atoms with van der Waals surface area (Å²) in [5.74, 6) is 0.479. The lowest BCUT2D eigenvalue weighted by Gasteiger charge is -2.37. The summed E-state index contributed by atoms with van der Waals surface area (Å²) >= 11 is 5.10. The first-order valence-electron chi connectivity index (χ1n) is 6.14. The number of benzene rings is 1. The molecule has 1 aliphatic rings. The minimum Gasteiger partial charge on any atom is -0.320 e. The van der Waals surface area contributed by atoms with Gasteiger partial charge in [-0.1, -0.05) is 13.0 Å². The molecule has 0 aromatic heterocycles. The van der Waals surface area contributed by atoms with Crippen LogP contribution in [0, 0.1) is 5.82 Å².